The molecule has 0 aromatic carbocycles. The summed E-state index contributed by atoms with van der Waals surface area (Å²) in [6, 6.07) is 3.94. The quantitative estimate of drug-likeness (QED) is 0.720. The van der Waals surface area contributed by atoms with Gasteiger partial charge in [-0.05, 0) is 57.6 Å². The van der Waals surface area contributed by atoms with Crippen LogP contribution in [0.5, 0.6) is 0 Å². The van der Waals surface area contributed by atoms with E-state index in [1.807, 2.05) is 13.0 Å². The van der Waals surface area contributed by atoms with Gasteiger partial charge in [0.2, 0.25) is 5.71 Å². The zero-order valence-corrected chi connectivity index (χ0v) is 16.1. The van der Waals surface area contributed by atoms with E-state index >= 15 is 0 Å². The monoisotopic (exact) mass is 377 g/mol. The Morgan fingerprint density at radius 3 is 3.00 bits per heavy atom. The summed E-state index contributed by atoms with van der Waals surface area (Å²) in [6.07, 6.45) is 8.35. The highest BCUT2D eigenvalue weighted by atomic mass is 16.3. The number of nitrogens with zero attached hydrogens (tertiary/aromatic N) is 3. The standard InChI is InChI=1S/C21H23N5O2/c1-12-23-18(26-21(2)8-9-21)16-14(11-28-20(16)24-12)19(27)25-15-7-3-5-13-6-4-10-22-17(13)15/h4,6,10-11,15H,3,5,7-9H2,1-2H3,(H,25,27)(H,23,24,26). The van der Waals surface area contributed by atoms with Crippen molar-refractivity contribution in [2.75, 3.05) is 5.32 Å². The van der Waals surface area contributed by atoms with Crippen LogP contribution in [0.3, 0.4) is 0 Å². The molecule has 1 atom stereocenters. The Labute approximate surface area is 163 Å². The van der Waals surface area contributed by atoms with Gasteiger partial charge in [-0.1, -0.05) is 6.07 Å². The molecule has 2 aliphatic carbocycles. The highest BCUT2D eigenvalue weighted by Gasteiger charge is 2.38. The topological polar surface area (TPSA) is 92.9 Å². The second-order valence-electron chi connectivity index (χ2n) is 8.10. The first-order chi connectivity index (χ1) is 13.5. The van der Waals surface area contributed by atoms with Gasteiger partial charge in [-0.2, -0.15) is 4.98 Å². The van der Waals surface area contributed by atoms with Gasteiger partial charge in [-0.15, -0.1) is 0 Å². The van der Waals surface area contributed by atoms with Crippen LogP contribution in [0.15, 0.2) is 29.0 Å². The van der Waals surface area contributed by atoms with Gasteiger partial charge in [0.1, 0.15) is 17.9 Å². The molecule has 5 rings (SSSR count). The summed E-state index contributed by atoms with van der Waals surface area (Å²) in [5.74, 6) is 1.10. The third-order valence-corrected chi connectivity index (χ3v) is 5.71. The summed E-state index contributed by atoms with van der Waals surface area (Å²) in [7, 11) is 0. The van der Waals surface area contributed by atoms with Gasteiger partial charge in [-0.3, -0.25) is 9.78 Å². The number of anilines is 1. The molecule has 0 saturated heterocycles. The lowest BCUT2D eigenvalue weighted by Crippen LogP contribution is -2.31. The fraction of sp³-hybridized carbons (Fsp3) is 0.429. The number of carbonyl (C=O) groups is 1. The van der Waals surface area contributed by atoms with Crippen LogP contribution in [0.1, 0.15) is 66.1 Å². The average molecular weight is 377 g/mol. The smallest absolute Gasteiger partial charge is 0.255 e. The fourth-order valence-electron chi connectivity index (χ4n) is 3.89. The van der Waals surface area contributed by atoms with E-state index in [1.165, 1.54) is 11.8 Å². The second-order valence-corrected chi connectivity index (χ2v) is 8.10. The van der Waals surface area contributed by atoms with Crippen molar-refractivity contribution in [3.05, 3.63) is 47.2 Å². The van der Waals surface area contributed by atoms with Crippen LogP contribution in [-0.2, 0) is 6.42 Å². The second kappa shape index (κ2) is 6.29. The number of furan rings is 1. The summed E-state index contributed by atoms with van der Waals surface area (Å²) in [6.45, 7) is 3.98. The molecule has 2 aliphatic rings. The number of fused-ring (bicyclic) bond motifs is 2. The Bertz CT molecular complexity index is 1070. The number of pyridine rings is 1. The normalized spacial score (nSPS) is 19.9. The molecule has 0 radical (unpaired) electrons. The van der Waals surface area contributed by atoms with E-state index in [0.717, 1.165) is 37.8 Å². The molecule has 3 aromatic heterocycles. The third kappa shape index (κ3) is 3.00. The molecule has 0 bridgehead atoms. The first-order valence-corrected chi connectivity index (χ1v) is 9.81. The van der Waals surface area contributed by atoms with Gasteiger partial charge in [0, 0.05) is 11.7 Å². The number of hydrogen-bond acceptors (Lipinski definition) is 6. The molecule has 144 valence electrons. The summed E-state index contributed by atoms with van der Waals surface area (Å²) in [5.41, 5.74) is 3.10. The van der Waals surface area contributed by atoms with Crippen molar-refractivity contribution in [2.45, 2.75) is 57.5 Å². The number of nitrogens with one attached hydrogen (secondary N) is 2. The zero-order chi connectivity index (χ0) is 19.3. The first kappa shape index (κ1) is 17.2. The number of amides is 1. The van der Waals surface area contributed by atoms with Gasteiger partial charge in [-0.25, -0.2) is 4.98 Å². The van der Waals surface area contributed by atoms with Gasteiger partial charge in [0.25, 0.3) is 5.91 Å². The van der Waals surface area contributed by atoms with Gasteiger partial charge < -0.3 is 15.1 Å². The van der Waals surface area contributed by atoms with Gasteiger partial charge in [0.15, 0.2) is 0 Å². The number of carbonyl (C=O) groups excluding carboxylic acids is 1. The van der Waals surface area contributed by atoms with E-state index in [9.17, 15) is 4.79 Å². The molecule has 3 aromatic rings. The number of aryl methyl sites for hydroxylation is 2. The highest BCUT2D eigenvalue weighted by molar-refractivity contribution is 6.09. The van der Waals surface area contributed by atoms with E-state index in [2.05, 4.69) is 38.6 Å². The molecule has 0 aliphatic heterocycles. The molecule has 1 amide bonds. The van der Waals surface area contributed by atoms with Crippen molar-refractivity contribution < 1.29 is 9.21 Å². The molecule has 1 fully saturated rings. The van der Waals surface area contributed by atoms with Crippen LogP contribution in [0.25, 0.3) is 11.1 Å². The molecule has 2 N–H and O–H groups in total. The number of rotatable bonds is 4. The van der Waals surface area contributed by atoms with Crippen molar-refractivity contribution >= 4 is 22.8 Å². The van der Waals surface area contributed by atoms with E-state index in [1.54, 1.807) is 6.20 Å². The van der Waals surface area contributed by atoms with E-state index in [-0.39, 0.29) is 17.5 Å². The van der Waals surface area contributed by atoms with E-state index in [0.29, 0.717) is 28.3 Å². The number of hydrogen-bond donors (Lipinski definition) is 2. The molecule has 3 heterocycles. The molecule has 1 unspecified atom stereocenters. The van der Waals surface area contributed by atoms with Crippen LogP contribution in [-0.4, -0.2) is 26.4 Å². The maximum atomic E-state index is 13.1. The SMILES string of the molecule is Cc1nc(NC2(C)CC2)c2c(C(=O)NC3CCCc4cccnc43)coc2n1. The predicted octanol–water partition coefficient (Wildman–Crippen LogP) is 3.70. The summed E-state index contributed by atoms with van der Waals surface area (Å²) >= 11 is 0. The van der Waals surface area contributed by atoms with Crippen LogP contribution >= 0.6 is 0 Å². The summed E-state index contributed by atoms with van der Waals surface area (Å²) in [5, 5.41) is 7.26. The highest BCUT2D eigenvalue weighted by Crippen LogP contribution is 2.40. The largest absolute Gasteiger partial charge is 0.445 e. The van der Waals surface area contributed by atoms with Crippen molar-refractivity contribution in [1.29, 1.82) is 0 Å². The molecule has 7 heteroatoms. The molecule has 0 spiro atoms. The molecule has 7 nitrogen and oxygen atoms in total. The molecule has 1 saturated carbocycles. The maximum absolute atomic E-state index is 13.1. The molecular formula is C21H23N5O2. The lowest BCUT2D eigenvalue weighted by atomic mass is 9.92. The number of aromatic nitrogens is 3. The lowest BCUT2D eigenvalue weighted by molar-refractivity contribution is 0.0932. The van der Waals surface area contributed by atoms with Gasteiger partial charge >= 0.3 is 0 Å². The Hall–Kier alpha value is -2.96. The van der Waals surface area contributed by atoms with Crippen molar-refractivity contribution in [2.24, 2.45) is 0 Å². The van der Waals surface area contributed by atoms with E-state index < -0.39 is 0 Å². The average Bonchev–Trinajstić information content (AvgIpc) is 3.24. The van der Waals surface area contributed by atoms with E-state index in [4.69, 9.17) is 4.42 Å². The van der Waals surface area contributed by atoms with Crippen LogP contribution in [0.4, 0.5) is 5.82 Å². The third-order valence-electron chi connectivity index (χ3n) is 5.71. The van der Waals surface area contributed by atoms with Crippen molar-refractivity contribution in [1.82, 2.24) is 20.3 Å². The Kier molecular flexibility index (Phi) is 3.86. The minimum absolute atomic E-state index is 0.0327. The Balaban J connectivity index is 1.49. The Morgan fingerprint density at radius 2 is 2.18 bits per heavy atom. The summed E-state index contributed by atoms with van der Waals surface area (Å²) in [4.78, 5) is 26.6. The maximum Gasteiger partial charge on any atom is 0.255 e. The van der Waals surface area contributed by atoms with Crippen molar-refractivity contribution in [3.8, 4) is 0 Å². The summed E-state index contributed by atoms with van der Waals surface area (Å²) < 4.78 is 5.62. The minimum atomic E-state index is -0.182. The fourth-order valence-corrected chi connectivity index (χ4v) is 3.89. The molecular weight excluding hydrogens is 354 g/mol. The van der Waals surface area contributed by atoms with Crippen LogP contribution in [0, 0.1) is 6.92 Å². The zero-order valence-electron chi connectivity index (χ0n) is 16.1. The first-order valence-electron chi connectivity index (χ1n) is 9.81. The lowest BCUT2D eigenvalue weighted by Gasteiger charge is -2.25. The molecule has 28 heavy (non-hydrogen) atoms. The van der Waals surface area contributed by atoms with Crippen LogP contribution in [0.2, 0.25) is 0 Å². The minimum Gasteiger partial charge on any atom is -0.445 e. The predicted molar refractivity (Wildman–Crippen MR) is 105 cm³/mol. The van der Waals surface area contributed by atoms with Crippen LogP contribution < -0.4 is 10.6 Å². The van der Waals surface area contributed by atoms with Crippen molar-refractivity contribution in [3.63, 3.8) is 0 Å². The van der Waals surface area contributed by atoms with Gasteiger partial charge in [0.05, 0.1) is 22.7 Å². The Morgan fingerprint density at radius 1 is 1.32 bits per heavy atom.